The third-order valence-corrected chi connectivity index (χ3v) is 3.54. The number of nitro benzene ring substituents is 1. The van der Waals surface area contributed by atoms with Gasteiger partial charge in [0.15, 0.2) is 0 Å². The molecule has 0 aliphatic heterocycles. The van der Waals surface area contributed by atoms with E-state index >= 15 is 0 Å². The van der Waals surface area contributed by atoms with Crippen LogP contribution in [0.3, 0.4) is 0 Å². The lowest BCUT2D eigenvalue weighted by Crippen LogP contribution is -2.41. The molecule has 0 saturated carbocycles. The van der Waals surface area contributed by atoms with Gasteiger partial charge in [0.05, 0.1) is 4.92 Å². The van der Waals surface area contributed by atoms with Crippen LogP contribution in [0.1, 0.15) is 25.0 Å². The molecule has 0 heterocycles. The van der Waals surface area contributed by atoms with Crippen LogP contribution in [0, 0.1) is 23.0 Å². The number of nitrogens with one attached hydrogen (secondary N) is 1. The molecule has 0 amide bonds. The third-order valence-electron chi connectivity index (χ3n) is 3.54. The molecule has 0 saturated heterocycles. The van der Waals surface area contributed by atoms with Gasteiger partial charge in [-0.2, -0.15) is 0 Å². The van der Waals surface area contributed by atoms with E-state index in [0.29, 0.717) is 18.5 Å². The van der Waals surface area contributed by atoms with Gasteiger partial charge >= 0.3 is 0 Å². The predicted molar refractivity (Wildman–Crippen MR) is 81.9 cm³/mol. The number of likely N-dealkylation sites (N-methyl/N-ethyl adjacent to an activating group) is 1. The highest BCUT2D eigenvalue weighted by molar-refractivity contribution is 5.44. The predicted octanol–water partition coefficient (Wildman–Crippen LogP) is 2.58. The summed E-state index contributed by atoms with van der Waals surface area (Å²) in [4.78, 5) is 12.8. The van der Waals surface area contributed by atoms with E-state index in [4.69, 9.17) is 0 Å². The van der Waals surface area contributed by atoms with Crippen molar-refractivity contribution in [2.75, 3.05) is 20.6 Å². The summed E-state index contributed by atoms with van der Waals surface area (Å²) in [7, 11) is 4.10. The number of nitro groups is 1. The minimum Gasteiger partial charge on any atom is -0.308 e. The average molecular weight is 279 g/mol. The first-order chi connectivity index (χ1) is 9.32. The van der Waals surface area contributed by atoms with Gasteiger partial charge in [-0.25, -0.2) is 0 Å². The molecule has 0 radical (unpaired) electrons. The molecule has 1 N–H and O–H groups in total. The zero-order valence-corrected chi connectivity index (χ0v) is 13.0. The Labute approximate surface area is 121 Å². The van der Waals surface area contributed by atoms with Crippen LogP contribution in [0.15, 0.2) is 18.2 Å². The van der Waals surface area contributed by atoms with Crippen molar-refractivity contribution in [2.45, 2.75) is 33.4 Å². The van der Waals surface area contributed by atoms with E-state index in [1.165, 1.54) is 0 Å². The average Bonchev–Trinajstić information content (AvgIpc) is 2.34. The van der Waals surface area contributed by atoms with E-state index in [2.05, 4.69) is 38.2 Å². The van der Waals surface area contributed by atoms with E-state index in [9.17, 15) is 10.1 Å². The van der Waals surface area contributed by atoms with Gasteiger partial charge in [-0.05, 0) is 32.5 Å². The Morgan fingerprint density at radius 1 is 1.35 bits per heavy atom. The van der Waals surface area contributed by atoms with Crippen LogP contribution >= 0.6 is 0 Å². The highest BCUT2D eigenvalue weighted by Crippen LogP contribution is 2.21. The van der Waals surface area contributed by atoms with Crippen molar-refractivity contribution in [3.8, 4) is 0 Å². The maximum absolute atomic E-state index is 10.9. The molecule has 0 bridgehead atoms. The largest absolute Gasteiger partial charge is 0.308 e. The fraction of sp³-hybridized carbons (Fsp3) is 0.600. The highest BCUT2D eigenvalue weighted by atomic mass is 16.6. The van der Waals surface area contributed by atoms with E-state index in [-0.39, 0.29) is 10.6 Å². The van der Waals surface area contributed by atoms with Crippen LogP contribution in [0.4, 0.5) is 5.69 Å². The van der Waals surface area contributed by atoms with Crippen molar-refractivity contribution in [2.24, 2.45) is 5.92 Å². The van der Waals surface area contributed by atoms with Crippen LogP contribution < -0.4 is 5.32 Å². The molecule has 0 aromatic heterocycles. The van der Waals surface area contributed by atoms with Crippen LogP contribution in [-0.2, 0) is 6.54 Å². The molecular formula is C15H25N3O2. The first-order valence-corrected chi connectivity index (χ1v) is 6.94. The minimum atomic E-state index is -0.321. The van der Waals surface area contributed by atoms with Crippen molar-refractivity contribution in [1.82, 2.24) is 10.2 Å². The van der Waals surface area contributed by atoms with Crippen LogP contribution in [0.2, 0.25) is 0 Å². The number of hydrogen-bond acceptors (Lipinski definition) is 4. The Balaban J connectivity index is 2.78. The molecule has 0 aliphatic carbocycles. The molecule has 5 heteroatoms. The van der Waals surface area contributed by atoms with Gasteiger partial charge in [-0.15, -0.1) is 0 Å². The fourth-order valence-electron chi connectivity index (χ4n) is 2.20. The first kappa shape index (κ1) is 16.6. The third kappa shape index (κ3) is 4.58. The van der Waals surface area contributed by atoms with Gasteiger partial charge < -0.3 is 10.2 Å². The molecule has 1 aromatic carbocycles. The molecule has 1 rings (SSSR count). The number of nitrogens with zero attached hydrogens (tertiary/aromatic N) is 2. The Kier molecular flexibility index (Phi) is 6.10. The first-order valence-electron chi connectivity index (χ1n) is 6.94. The van der Waals surface area contributed by atoms with Gasteiger partial charge in [0, 0.05) is 30.8 Å². The number of hydrogen-bond donors (Lipinski definition) is 1. The molecule has 0 aliphatic rings. The van der Waals surface area contributed by atoms with Crippen LogP contribution in [0.5, 0.6) is 0 Å². The smallest absolute Gasteiger partial charge is 0.272 e. The maximum Gasteiger partial charge on any atom is 0.272 e. The quantitative estimate of drug-likeness (QED) is 0.615. The second-order valence-electron chi connectivity index (χ2n) is 5.81. The Morgan fingerprint density at radius 3 is 2.50 bits per heavy atom. The molecule has 1 unspecified atom stereocenters. The van der Waals surface area contributed by atoms with Crippen molar-refractivity contribution in [3.05, 3.63) is 39.4 Å². The van der Waals surface area contributed by atoms with Crippen LogP contribution in [-0.4, -0.2) is 36.5 Å². The molecule has 0 spiro atoms. The number of rotatable bonds is 7. The maximum atomic E-state index is 10.9. The monoisotopic (exact) mass is 279 g/mol. The minimum absolute atomic E-state index is 0.193. The van der Waals surface area contributed by atoms with Gasteiger partial charge in [0.1, 0.15) is 0 Å². The van der Waals surface area contributed by atoms with Crippen molar-refractivity contribution in [3.63, 3.8) is 0 Å². The van der Waals surface area contributed by atoms with Crippen molar-refractivity contribution < 1.29 is 4.92 Å². The standard InChI is InChI=1S/C15H25N3O2/c1-11(2)14(10-17(4)5)16-9-13-7-6-8-15(12(13)3)18(19)20/h6-8,11,14,16H,9-10H2,1-5H3. The summed E-state index contributed by atoms with van der Waals surface area (Å²) in [5.74, 6) is 0.511. The molecule has 112 valence electrons. The lowest BCUT2D eigenvalue weighted by molar-refractivity contribution is -0.385. The fourth-order valence-corrected chi connectivity index (χ4v) is 2.20. The van der Waals surface area contributed by atoms with Crippen LogP contribution in [0.25, 0.3) is 0 Å². The number of benzene rings is 1. The van der Waals surface area contributed by atoms with Gasteiger partial charge in [0.2, 0.25) is 0 Å². The summed E-state index contributed by atoms with van der Waals surface area (Å²) in [6, 6.07) is 5.61. The Bertz CT molecular complexity index is 458. The lowest BCUT2D eigenvalue weighted by atomic mass is 10.0. The molecule has 1 atom stereocenters. The normalized spacial score (nSPS) is 12.9. The molecule has 5 nitrogen and oxygen atoms in total. The Hall–Kier alpha value is -1.46. The van der Waals surface area contributed by atoms with E-state index < -0.39 is 0 Å². The summed E-state index contributed by atoms with van der Waals surface area (Å²) >= 11 is 0. The van der Waals surface area contributed by atoms with Gasteiger partial charge in [-0.3, -0.25) is 10.1 Å². The summed E-state index contributed by atoms with van der Waals surface area (Å²) in [6.45, 7) is 7.78. The SMILES string of the molecule is Cc1c(CNC(CN(C)C)C(C)C)cccc1[N+](=O)[O-]. The van der Waals surface area contributed by atoms with Gasteiger partial charge in [-0.1, -0.05) is 26.0 Å². The van der Waals surface area contributed by atoms with E-state index in [0.717, 1.165) is 17.7 Å². The van der Waals surface area contributed by atoms with Crippen molar-refractivity contribution >= 4 is 5.69 Å². The Morgan fingerprint density at radius 2 is 2.00 bits per heavy atom. The zero-order valence-electron chi connectivity index (χ0n) is 13.0. The second kappa shape index (κ2) is 7.36. The second-order valence-corrected chi connectivity index (χ2v) is 5.81. The van der Waals surface area contributed by atoms with E-state index in [1.54, 1.807) is 12.1 Å². The topological polar surface area (TPSA) is 58.4 Å². The zero-order chi connectivity index (χ0) is 15.3. The molecular weight excluding hydrogens is 254 g/mol. The molecule has 20 heavy (non-hydrogen) atoms. The summed E-state index contributed by atoms with van der Waals surface area (Å²) in [5.41, 5.74) is 1.93. The van der Waals surface area contributed by atoms with Gasteiger partial charge in [0.25, 0.3) is 5.69 Å². The van der Waals surface area contributed by atoms with E-state index in [1.807, 2.05) is 13.0 Å². The highest BCUT2D eigenvalue weighted by Gasteiger charge is 2.16. The summed E-state index contributed by atoms with van der Waals surface area (Å²) in [5, 5.41) is 14.5. The lowest BCUT2D eigenvalue weighted by Gasteiger charge is -2.26. The molecule has 1 aromatic rings. The summed E-state index contributed by atoms with van der Waals surface area (Å²) in [6.07, 6.45) is 0. The molecule has 0 fully saturated rings. The summed E-state index contributed by atoms with van der Waals surface area (Å²) < 4.78 is 0. The van der Waals surface area contributed by atoms with Crippen molar-refractivity contribution in [1.29, 1.82) is 0 Å².